The zero-order valence-electron chi connectivity index (χ0n) is 19.3. The van der Waals surface area contributed by atoms with E-state index in [-0.39, 0.29) is 24.4 Å². The maximum absolute atomic E-state index is 13.2. The Bertz CT molecular complexity index is 1340. The Morgan fingerprint density at radius 2 is 2.17 bits per heavy atom. The molecule has 2 aliphatic heterocycles. The van der Waals surface area contributed by atoms with Crippen molar-refractivity contribution in [3.05, 3.63) is 69.4 Å². The summed E-state index contributed by atoms with van der Waals surface area (Å²) in [6.45, 7) is 3.61. The number of fused-ring (bicyclic) bond motifs is 1. The predicted octanol–water partition coefficient (Wildman–Crippen LogP) is 5.60. The van der Waals surface area contributed by atoms with Gasteiger partial charge in [0, 0.05) is 52.1 Å². The van der Waals surface area contributed by atoms with Crippen LogP contribution in [0.2, 0.25) is 0 Å². The van der Waals surface area contributed by atoms with Crippen molar-refractivity contribution < 1.29 is 9.59 Å². The van der Waals surface area contributed by atoms with Gasteiger partial charge in [0.2, 0.25) is 5.91 Å². The number of carbonyl (C=O) groups is 2. The van der Waals surface area contributed by atoms with Gasteiger partial charge >= 0.3 is 0 Å². The summed E-state index contributed by atoms with van der Waals surface area (Å²) in [5, 5.41) is 0.983. The zero-order valence-corrected chi connectivity index (χ0v) is 22.5. The number of nitrogens with zero attached hydrogens (tertiary/aromatic N) is 4. The molecular formula is C26H25BrN4O2S2. The van der Waals surface area contributed by atoms with Gasteiger partial charge in [-0.2, -0.15) is 0 Å². The third-order valence-corrected chi connectivity index (χ3v) is 8.40. The van der Waals surface area contributed by atoms with Gasteiger partial charge in [0.05, 0.1) is 11.4 Å². The van der Waals surface area contributed by atoms with E-state index in [1.54, 1.807) is 17.3 Å². The summed E-state index contributed by atoms with van der Waals surface area (Å²) in [6.07, 6.45) is 10.6. The van der Waals surface area contributed by atoms with Gasteiger partial charge in [0.15, 0.2) is 0 Å². The summed E-state index contributed by atoms with van der Waals surface area (Å²) < 4.78 is 3.47. The molecule has 2 fully saturated rings. The molecule has 6 nitrogen and oxygen atoms in total. The monoisotopic (exact) mass is 568 g/mol. The molecule has 5 rings (SSSR count). The molecule has 4 heterocycles. The first-order chi connectivity index (χ1) is 16.9. The SMILES string of the molecule is C[C@@H]1CCCCN1C(=O)Cn1cc(/C=C2\SC(=S)N(Cc3cccnc3)C2=O)c2cc(Br)ccc21. The highest BCUT2D eigenvalue weighted by atomic mass is 79.9. The van der Waals surface area contributed by atoms with E-state index in [4.69, 9.17) is 12.2 Å². The fraction of sp³-hybridized carbons (Fsp3) is 0.308. The summed E-state index contributed by atoms with van der Waals surface area (Å²) in [7, 11) is 0. The molecule has 2 amide bonds. The van der Waals surface area contributed by atoms with Crippen LogP contribution in [0, 0.1) is 0 Å². The first-order valence-electron chi connectivity index (χ1n) is 11.6. The van der Waals surface area contributed by atoms with Gasteiger partial charge in [-0.3, -0.25) is 19.5 Å². The molecule has 1 aromatic carbocycles. The van der Waals surface area contributed by atoms with E-state index in [1.807, 2.05) is 52.1 Å². The van der Waals surface area contributed by atoms with E-state index in [0.717, 1.165) is 45.9 Å². The number of benzene rings is 1. The maximum Gasteiger partial charge on any atom is 0.266 e. The first-order valence-corrected chi connectivity index (χ1v) is 13.6. The molecule has 0 saturated carbocycles. The van der Waals surface area contributed by atoms with Crippen molar-refractivity contribution in [2.45, 2.75) is 45.3 Å². The Hall–Kier alpha value is -2.49. The number of rotatable bonds is 5. The average molecular weight is 570 g/mol. The molecule has 0 spiro atoms. The normalized spacial score (nSPS) is 19.8. The van der Waals surface area contributed by atoms with Gasteiger partial charge in [0.1, 0.15) is 10.9 Å². The van der Waals surface area contributed by atoms with Crippen molar-refractivity contribution in [2.75, 3.05) is 6.54 Å². The van der Waals surface area contributed by atoms with Crippen LogP contribution < -0.4 is 0 Å². The van der Waals surface area contributed by atoms with E-state index in [9.17, 15) is 9.59 Å². The average Bonchev–Trinajstić information content (AvgIpc) is 3.31. The van der Waals surface area contributed by atoms with Gasteiger partial charge in [0.25, 0.3) is 5.91 Å². The lowest BCUT2D eigenvalue weighted by molar-refractivity contribution is -0.135. The van der Waals surface area contributed by atoms with Crippen molar-refractivity contribution in [2.24, 2.45) is 0 Å². The molecule has 0 unspecified atom stereocenters. The summed E-state index contributed by atoms with van der Waals surface area (Å²) in [5.74, 6) is 0.0179. The van der Waals surface area contributed by atoms with Gasteiger partial charge < -0.3 is 9.47 Å². The Labute approximate surface area is 222 Å². The van der Waals surface area contributed by atoms with Crippen molar-refractivity contribution >= 4 is 73.0 Å². The van der Waals surface area contributed by atoms with E-state index < -0.39 is 0 Å². The van der Waals surface area contributed by atoms with Crippen molar-refractivity contribution in [1.29, 1.82) is 0 Å². The number of thioether (sulfide) groups is 1. The fourth-order valence-corrected chi connectivity index (χ4v) is 6.31. The molecule has 0 aliphatic carbocycles. The van der Waals surface area contributed by atoms with Gasteiger partial charge in [-0.05, 0) is 62.1 Å². The molecule has 180 valence electrons. The molecule has 9 heteroatoms. The smallest absolute Gasteiger partial charge is 0.266 e. The zero-order chi connectivity index (χ0) is 24.5. The highest BCUT2D eigenvalue weighted by Gasteiger charge is 2.32. The summed E-state index contributed by atoms with van der Waals surface area (Å²) >= 11 is 10.4. The predicted molar refractivity (Wildman–Crippen MR) is 148 cm³/mol. The van der Waals surface area contributed by atoms with Crippen LogP contribution in [-0.4, -0.2) is 48.1 Å². The molecule has 0 N–H and O–H groups in total. The van der Waals surface area contributed by atoms with Crippen LogP contribution in [0.5, 0.6) is 0 Å². The molecule has 2 aliphatic rings. The number of hydrogen-bond acceptors (Lipinski definition) is 5. The van der Waals surface area contributed by atoms with Gasteiger partial charge in [-0.25, -0.2) is 0 Å². The van der Waals surface area contributed by atoms with Gasteiger partial charge in [-0.15, -0.1) is 0 Å². The fourth-order valence-electron chi connectivity index (χ4n) is 4.70. The summed E-state index contributed by atoms with van der Waals surface area (Å²) in [4.78, 5) is 34.7. The summed E-state index contributed by atoms with van der Waals surface area (Å²) in [5.41, 5.74) is 2.78. The van der Waals surface area contributed by atoms with Crippen LogP contribution in [0.25, 0.3) is 17.0 Å². The number of piperidine rings is 1. The second-order valence-electron chi connectivity index (χ2n) is 8.93. The second kappa shape index (κ2) is 10.2. The minimum Gasteiger partial charge on any atom is -0.338 e. The molecule has 0 radical (unpaired) electrons. The molecule has 0 bridgehead atoms. The lowest BCUT2D eigenvalue weighted by atomic mass is 10.0. The lowest BCUT2D eigenvalue weighted by Gasteiger charge is -2.33. The minimum absolute atomic E-state index is 0.113. The largest absolute Gasteiger partial charge is 0.338 e. The van der Waals surface area contributed by atoms with Crippen LogP contribution in [0.3, 0.4) is 0 Å². The Morgan fingerprint density at radius 1 is 1.31 bits per heavy atom. The molecular weight excluding hydrogens is 544 g/mol. The van der Waals surface area contributed by atoms with Crippen LogP contribution in [-0.2, 0) is 22.7 Å². The van der Waals surface area contributed by atoms with Crippen molar-refractivity contribution in [3.8, 4) is 0 Å². The van der Waals surface area contributed by atoms with Crippen LogP contribution in [0.4, 0.5) is 0 Å². The number of carbonyl (C=O) groups excluding carboxylic acids is 2. The standard InChI is InChI=1S/C26H25BrN4O2S2/c1-17-5-2-3-10-30(17)24(32)16-29-15-19(21-12-20(27)7-8-22(21)29)11-23-25(33)31(26(34)35-23)14-18-6-4-9-28-13-18/h4,6-9,11-13,15,17H,2-3,5,10,14,16H2,1H3/b23-11-/t17-/m1/s1. The molecule has 35 heavy (non-hydrogen) atoms. The number of hydrogen-bond donors (Lipinski definition) is 0. The quantitative estimate of drug-likeness (QED) is 0.296. The van der Waals surface area contributed by atoms with Gasteiger partial charge in [-0.1, -0.05) is 46.0 Å². The number of pyridine rings is 1. The van der Waals surface area contributed by atoms with E-state index in [1.165, 1.54) is 18.2 Å². The molecule has 2 aromatic heterocycles. The van der Waals surface area contributed by atoms with Crippen molar-refractivity contribution in [1.82, 2.24) is 19.4 Å². The number of amides is 2. The lowest BCUT2D eigenvalue weighted by Crippen LogP contribution is -2.43. The Balaban J connectivity index is 1.44. The third kappa shape index (κ3) is 5.08. The third-order valence-electron chi connectivity index (χ3n) is 6.53. The van der Waals surface area contributed by atoms with Crippen molar-refractivity contribution in [3.63, 3.8) is 0 Å². The highest BCUT2D eigenvalue weighted by Crippen LogP contribution is 2.36. The minimum atomic E-state index is -0.113. The summed E-state index contributed by atoms with van der Waals surface area (Å²) in [6, 6.07) is 10.1. The first kappa shape index (κ1) is 24.2. The topological polar surface area (TPSA) is 58.4 Å². The van der Waals surface area contributed by atoms with Crippen LogP contribution in [0.15, 0.2) is 58.3 Å². The second-order valence-corrected chi connectivity index (χ2v) is 11.5. The Kier molecular flexibility index (Phi) is 7.09. The van der Waals surface area contributed by atoms with E-state index >= 15 is 0 Å². The van der Waals surface area contributed by atoms with Crippen LogP contribution in [0.1, 0.15) is 37.3 Å². The van der Waals surface area contributed by atoms with E-state index in [0.29, 0.717) is 15.8 Å². The van der Waals surface area contributed by atoms with Crippen LogP contribution >= 0.6 is 39.9 Å². The maximum atomic E-state index is 13.2. The molecule has 1 atom stereocenters. The number of likely N-dealkylation sites (tertiary alicyclic amines) is 1. The molecule has 3 aromatic rings. The number of thiocarbonyl (C=S) groups is 1. The number of halogens is 1. The highest BCUT2D eigenvalue weighted by molar-refractivity contribution is 9.10. The van der Waals surface area contributed by atoms with E-state index in [2.05, 4.69) is 27.8 Å². The Morgan fingerprint density at radius 3 is 2.94 bits per heavy atom. The molecule has 2 saturated heterocycles. The number of aromatic nitrogens is 2.